The zero-order valence-electron chi connectivity index (χ0n) is 11.0. The number of rotatable bonds is 3. The minimum absolute atomic E-state index is 0.240. The standard InChI is InChI=1S/C13H14FN3O2S/c1-8-3-9(2)13(5-12(8)15)17-20(18,19)11-4-10(14)6-16-7-11/h3-7,17H,15H2,1-2H3. The number of nitrogens with one attached hydrogen (secondary N) is 1. The molecule has 0 spiro atoms. The zero-order chi connectivity index (χ0) is 14.9. The van der Waals surface area contributed by atoms with Crippen LogP contribution in [0.3, 0.4) is 0 Å². The third-order valence-corrected chi connectivity index (χ3v) is 4.18. The molecule has 0 atom stereocenters. The molecule has 0 amide bonds. The number of pyridine rings is 1. The first-order chi connectivity index (χ1) is 9.29. The molecule has 0 aliphatic heterocycles. The van der Waals surface area contributed by atoms with Crippen molar-refractivity contribution in [2.24, 2.45) is 0 Å². The Bertz CT molecular complexity index is 760. The molecular formula is C13H14FN3O2S. The molecule has 2 rings (SSSR count). The summed E-state index contributed by atoms with van der Waals surface area (Å²) < 4.78 is 39.7. The van der Waals surface area contributed by atoms with E-state index in [2.05, 4.69) is 9.71 Å². The van der Waals surface area contributed by atoms with E-state index in [4.69, 9.17) is 5.73 Å². The summed E-state index contributed by atoms with van der Waals surface area (Å²) in [5.41, 5.74) is 8.19. The summed E-state index contributed by atoms with van der Waals surface area (Å²) in [5.74, 6) is -0.715. The van der Waals surface area contributed by atoms with E-state index >= 15 is 0 Å². The highest BCUT2D eigenvalue weighted by Gasteiger charge is 2.17. The topological polar surface area (TPSA) is 85.1 Å². The molecule has 20 heavy (non-hydrogen) atoms. The van der Waals surface area contributed by atoms with Gasteiger partial charge in [0.15, 0.2) is 0 Å². The van der Waals surface area contributed by atoms with Crippen molar-refractivity contribution in [3.8, 4) is 0 Å². The number of nitrogen functional groups attached to an aromatic ring is 1. The van der Waals surface area contributed by atoms with Gasteiger partial charge in [0.05, 0.1) is 11.9 Å². The molecule has 1 heterocycles. The molecule has 0 aliphatic rings. The summed E-state index contributed by atoms with van der Waals surface area (Å²) in [6.45, 7) is 3.59. The van der Waals surface area contributed by atoms with Crippen molar-refractivity contribution in [1.82, 2.24) is 4.98 Å². The normalized spacial score (nSPS) is 11.3. The highest BCUT2D eigenvalue weighted by atomic mass is 32.2. The fraction of sp³-hybridized carbons (Fsp3) is 0.154. The number of aromatic nitrogens is 1. The number of hydrogen-bond donors (Lipinski definition) is 2. The Hall–Kier alpha value is -2.15. The van der Waals surface area contributed by atoms with Crippen LogP contribution >= 0.6 is 0 Å². The largest absolute Gasteiger partial charge is 0.398 e. The Kier molecular flexibility index (Phi) is 3.63. The lowest BCUT2D eigenvalue weighted by Crippen LogP contribution is -2.14. The van der Waals surface area contributed by atoms with Crippen molar-refractivity contribution in [2.75, 3.05) is 10.5 Å². The van der Waals surface area contributed by atoms with Crippen LogP contribution in [0.2, 0.25) is 0 Å². The number of aryl methyl sites for hydroxylation is 2. The van der Waals surface area contributed by atoms with Crippen LogP contribution < -0.4 is 10.5 Å². The minimum Gasteiger partial charge on any atom is -0.398 e. The first kappa shape index (κ1) is 14.3. The van der Waals surface area contributed by atoms with Gasteiger partial charge in [-0.05, 0) is 37.1 Å². The Morgan fingerprint density at radius 2 is 1.85 bits per heavy atom. The number of halogens is 1. The Balaban J connectivity index is 2.41. The van der Waals surface area contributed by atoms with E-state index < -0.39 is 15.8 Å². The van der Waals surface area contributed by atoms with Crippen molar-refractivity contribution in [3.63, 3.8) is 0 Å². The maximum atomic E-state index is 13.1. The van der Waals surface area contributed by atoms with E-state index in [9.17, 15) is 12.8 Å². The maximum absolute atomic E-state index is 13.1. The summed E-state index contributed by atoms with van der Waals surface area (Å²) in [5, 5.41) is 0. The Morgan fingerprint density at radius 1 is 1.15 bits per heavy atom. The highest BCUT2D eigenvalue weighted by Crippen LogP contribution is 2.24. The molecule has 1 aromatic heterocycles. The van der Waals surface area contributed by atoms with Crippen LogP contribution in [0.25, 0.3) is 0 Å². The average Bonchev–Trinajstić information content (AvgIpc) is 2.36. The van der Waals surface area contributed by atoms with Gasteiger partial charge in [-0.1, -0.05) is 6.07 Å². The summed E-state index contributed by atoms with van der Waals surface area (Å²) >= 11 is 0. The van der Waals surface area contributed by atoms with Gasteiger partial charge in [-0.3, -0.25) is 9.71 Å². The van der Waals surface area contributed by atoms with Crippen molar-refractivity contribution in [2.45, 2.75) is 18.7 Å². The van der Waals surface area contributed by atoms with Gasteiger partial charge in [0.25, 0.3) is 10.0 Å². The predicted octanol–water partition coefficient (Wildman–Crippen LogP) is 2.22. The van der Waals surface area contributed by atoms with Gasteiger partial charge in [0.2, 0.25) is 0 Å². The number of nitrogens with two attached hydrogens (primary N) is 1. The minimum atomic E-state index is -3.90. The van der Waals surface area contributed by atoms with Crippen LogP contribution in [0.5, 0.6) is 0 Å². The van der Waals surface area contributed by atoms with Crippen LogP contribution in [-0.4, -0.2) is 13.4 Å². The van der Waals surface area contributed by atoms with E-state index in [0.717, 1.165) is 29.6 Å². The predicted molar refractivity (Wildman–Crippen MR) is 75.3 cm³/mol. The van der Waals surface area contributed by atoms with Gasteiger partial charge < -0.3 is 5.73 Å². The summed E-state index contributed by atoms with van der Waals surface area (Å²) in [4.78, 5) is 3.29. The second kappa shape index (κ2) is 5.09. The highest BCUT2D eigenvalue weighted by molar-refractivity contribution is 7.92. The SMILES string of the molecule is Cc1cc(C)c(NS(=O)(=O)c2cncc(F)c2)cc1N. The summed E-state index contributed by atoms with van der Waals surface area (Å²) in [6, 6.07) is 4.22. The van der Waals surface area contributed by atoms with E-state index in [1.54, 1.807) is 13.0 Å². The van der Waals surface area contributed by atoms with Gasteiger partial charge >= 0.3 is 0 Å². The quantitative estimate of drug-likeness (QED) is 0.850. The third-order valence-electron chi connectivity index (χ3n) is 2.85. The van der Waals surface area contributed by atoms with Crippen molar-refractivity contribution in [1.29, 1.82) is 0 Å². The van der Waals surface area contributed by atoms with Crippen LogP contribution in [0, 0.1) is 19.7 Å². The number of anilines is 2. The second-order valence-electron chi connectivity index (χ2n) is 4.47. The molecule has 0 radical (unpaired) electrons. The first-order valence-corrected chi connectivity index (χ1v) is 7.28. The smallest absolute Gasteiger partial charge is 0.263 e. The van der Waals surface area contributed by atoms with Gasteiger partial charge in [-0.2, -0.15) is 0 Å². The Labute approximate surface area is 116 Å². The molecule has 2 aromatic rings. The second-order valence-corrected chi connectivity index (χ2v) is 6.15. The van der Waals surface area contributed by atoms with Crippen molar-refractivity contribution >= 4 is 21.4 Å². The lowest BCUT2D eigenvalue weighted by atomic mass is 10.1. The molecule has 1 aromatic carbocycles. The first-order valence-electron chi connectivity index (χ1n) is 5.80. The number of hydrogen-bond acceptors (Lipinski definition) is 4. The maximum Gasteiger partial charge on any atom is 0.263 e. The van der Waals surface area contributed by atoms with Gasteiger partial charge in [0.1, 0.15) is 10.7 Å². The zero-order valence-corrected chi connectivity index (χ0v) is 11.8. The fourth-order valence-corrected chi connectivity index (χ4v) is 2.82. The van der Waals surface area contributed by atoms with Gasteiger partial charge in [-0.25, -0.2) is 12.8 Å². The lowest BCUT2D eigenvalue weighted by molar-refractivity contribution is 0.592. The number of nitrogens with zero attached hydrogens (tertiary/aromatic N) is 1. The van der Waals surface area contributed by atoms with Crippen LogP contribution in [0.4, 0.5) is 15.8 Å². The lowest BCUT2D eigenvalue weighted by Gasteiger charge is -2.12. The van der Waals surface area contributed by atoms with Crippen LogP contribution in [-0.2, 0) is 10.0 Å². The molecule has 0 saturated carbocycles. The van der Waals surface area contributed by atoms with E-state index in [1.807, 2.05) is 6.92 Å². The van der Waals surface area contributed by atoms with Crippen molar-refractivity contribution in [3.05, 3.63) is 47.5 Å². The van der Waals surface area contributed by atoms with Crippen LogP contribution in [0.1, 0.15) is 11.1 Å². The van der Waals surface area contributed by atoms with Gasteiger partial charge in [0, 0.05) is 11.9 Å². The van der Waals surface area contributed by atoms with Gasteiger partial charge in [-0.15, -0.1) is 0 Å². The average molecular weight is 295 g/mol. The molecule has 7 heteroatoms. The van der Waals surface area contributed by atoms with E-state index in [0.29, 0.717) is 11.4 Å². The number of sulfonamides is 1. The monoisotopic (exact) mass is 295 g/mol. The summed E-state index contributed by atoms with van der Waals surface area (Å²) in [6.07, 6.45) is 2.02. The molecule has 0 bridgehead atoms. The fourth-order valence-electron chi connectivity index (χ4n) is 1.72. The Morgan fingerprint density at radius 3 is 2.50 bits per heavy atom. The molecule has 0 aliphatic carbocycles. The summed E-state index contributed by atoms with van der Waals surface area (Å²) in [7, 11) is -3.90. The van der Waals surface area contributed by atoms with Crippen molar-refractivity contribution < 1.29 is 12.8 Å². The number of benzene rings is 1. The molecule has 0 saturated heterocycles. The molecule has 3 N–H and O–H groups in total. The molecule has 0 fully saturated rings. The molecule has 106 valence electrons. The molecular weight excluding hydrogens is 281 g/mol. The molecule has 0 unspecified atom stereocenters. The van der Waals surface area contributed by atoms with Crippen LogP contribution in [0.15, 0.2) is 35.5 Å². The molecule has 5 nitrogen and oxygen atoms in total. The van der Waals surface area contributed by atoms with E-state index in [-0.39, 0.29) is 4.90 Å². The third kappa shape index (κ3) is 2.88. The van der Waals surface area contributed by atoms with E-state index in [1.165, 1.54) is 6.07 Å².